The maximum atomic E-state index is 11.7. The largest absolute Gasteiger partial charge is 0.392 e. The molecule has 12 heavy (non-hydrogen) atoms. The van der Waals surface area contributed by atoms with Crippen molar-refractivity contribution < 1.29 is 18.6 Å². The lowest BCUT2D eigenvalue weighted by molar-refractivity contribution is -0.187. The molecule has 0 saturated heterocycles. The predicted octanol–water partition coefficient (Wildman–Crippen LogP) is 1.43. The Morgan fingerprint density at radius 1 is 1.58 bits per heavy atom. The molecule has 4 heteroatoms. The third kappa shape index (κ3) is 1.75. The number of ether oxygens (including phenoxy) is 1. The van der Waals surface area contributed by atoms with Crippen molar-refractivity contribution in [3.05, 3.63) is 0 Å². The van der Waals surface area contributed by atoms with Crippen LogP contribution in [0.25, 0.3) is 0 Å². The molecule has 0 spiro atoms. The minimum absolute atomic E-state index is 0.221. The van der Waals surface area contributed by atoms with Gasteiger partial charge in [0.2, 0.25) is 0 Å². The van der Waals surface area contributed by atoms with E-state index in [9.17, 15) is 13.9 Å². The van der Waals surface area contributed by atoms with E-state index in [4.69, 9.17) is 4.74 Å². The molecule has 0 aromatic heterocycles. The first-order valence-electron chi connectivity index (χ1n) is 4.02. The average molecular weight is 180 g/mol. The normalized spacial score (nSPS) is 33.5. The Kier molecular flexibility index (Phi) is 2.68. The summed E-state index contributed by atoms with van der Waals surface area (Å²) in [5.74, 6) is 0. The number of aliphatic hydroxyl groups excluding tert-OH is 1. The predicted molar refractivity (Wildman–Crippen MR) is 40.1 cm³/mol. The highest BCUT2D eigenvalue weighted by Gasteiger charge is 2.48. The second kappa shape index (κ2) is 3.26. The van der Waals surface area contributed by atoms with Crippen LogP contribution in [0, 0.1) is 5.41 Å². The van der Waals surface area contributed by atoms with Gasteiger partial charge in [0.05, 0.1) is 12.2 Å². The molecule has 0 heterocycles. The van der Waals surface area contributed by atoms with Crippen molar-refractivity contribution in [3.63, 3.8) is 0 Å². The fraction of sp³-hybridized carbons (Fsp3) is 1.00. The van der Waals surface area contributed by atoms with Crippen molar-refractivity contribution in [3.8, 4) is 0 Å². The molecule has 0 aliphatic heterocycles. The summed E-state index contributed by atoms with van der Waals surface area (Å²) in [7, 11) is 0. The van der Waals surface area contributed by atoms with Gasteiger partial charge >= 0.3 is 0 Å². The summed E-state index contributed by atoms with van der Waals surface area (Å²) >= 11 is 0. The summed E-state index contributed by atoms with van der Waals surface area (Å²) in [6.45, 7) is 3.11. The zero-order chi connectivity index (χ0) is 9.35. The van der Waals surface area contributed by atoms with Crippen molar-refractivity contribution in [1.82, 2.24) is 0 Å². The van der Waals surface area contributed by atoms with Crippen LogP contribution in [0.3, 0.4) is 0 Å². The molecule has 0 radical (unpaired) electrons. The quantitative estimate of drug-likeness (QED) is 0.711. The molecule has 2 nitrogen and oxygen atoms in total. The van der Waals surface area contributed by atoms with E-state index in [2.05, 4.69) is 0 Å². The number of halogens is 2. The fourth-order valence-electron chi connectivity index (χ4n) is 1.34. The molecule has 1 aliphatic rings. The second-order valence-electron chi connectivity index (χ2n) is 3.79. The number of hydrogen-bond acceptors (Lipinski definition) is 2. The first kappa shape index (κ1) is 9.86. The monoisotopic (exact) mass is 180 g/mol. The van der Waals surface area contributed by atoms with Crippen LogP contribution < -0.4 is 0 Å². The van der Waals surface area contributed by atoms with Crippen LogP contribution in [-0.4, -0.2) is 30.3 Å². The Balaban J connectivity index is 2.28. The van der Waals surface area contributed by atoms with Crippen LogP contribution in [0.1, 0.15) is 20.3 Å². The lowest BCUT2D eigenvalue weighted by Gasteiger charge is -2.48. The van der Waals surface area contributed by atoms with Crippen molar-refractivity contribution in [1.29, 1.82) is 0 Å². The van der Waals surface area contributed by atoms with E-state index in [1.807, 2.05) is 13.8 Å². The van der Waals surface area contributed by atoms with Crippen molar-refractivity contribution in [2.75, 3.05) is 6.61 Å². The van der Waals surface area contributed by atoms with E-state index in [0.29, 0.717) is 6.42 Å². The summed E-state index contributed by atoms with van der Waals surface area (Å²) in [6.07, 6.45) is -2.58. The number of hydrogen-bond donors (Lipinski definition) is 1. The average Bonchev–Trinajstić information content (AvgIpc) is 1.97. The van der Waals surface area contributed by atoms with Crippen LogP contribution in [0.4, 0.5) is 8.78 Å². The zero-order valence-electron chi connectivity index (χ0n) is 7.26. The Morgan fingerprint density at radius 3 is 2.50 bits per heavy atom. The summed E-state index contributed by atoms with van der Waals surface area (Å²) in [4.78, 5) is 0. The van der Waals surface area contributed by atoms with Gasteiger partial charge in [0.1, 0.15) is 6.61 Å². The van der Waals surface area contributed by atoms with Crippen LogP contribution >= 0.6 is 0 Å². The maximum Gasteiger partial charge on any atom is 0.261 e. The van der Waals surface area contributed by atoms with Gasteiger partial charge in [0.25, 0.3) is 6.43 Å². The van der Waals surface area contributed by atoms with Crippen molar-refractivity contribution >= 4 is 0 Å². The first-order chi connectivity index (χ1) is 5.44. The smallest absolute Gasteiger partial charge is 0.261 e. The molecule has 0 aromatic rings. The summed E-state index contributed by atoms with van der Waals surface area (Å²) < 4.78 is 28.3. The molecule has 1 aliphatic carbocycles. The summed E-state index contributed by atoms with van der Waals surface area (Å²) in [6, 6.07) is 0. The van der Waals surface area contributed by atoms with Crippen LogP contribution in [0.5, 0.6) is 0 Å². The third-order valence-electron chi connectivity index (χ3n) is 2.55. The third-order valence-corrected chi connectivity index (χ3v) is 2.55. The Morgan fingerprint density at radius 2 is 2.17 bits per heavy atom. The molecular weight excluding hydrogens is 166 g/mol. The lowest BCUT2D eigenvalue weighted by atomic mass is 9.66. The molecule has 0 bridgehead atoms. The zero-order valence-corrected chi connectivity index (χ0v) is 7.26. The molecule has 2 unspecified atom stereocenters. The van der Waals surface area contributed by atoms with E-state index >= 15 is 0 Å². The Labute approximate surface area is 70.5 Å². The first-order valence-corrected chi connectivity index (χ1v) is 4.02. The maximum absolute atomic E-state index is 11.7. The molecule has 1 rings (SSSR count). The van der Waals surface area contributed by atoms with Gasteiger partial charge in [-0.1, -0.05) is 13.8 Å². The second-order valence-corrected chi connectivity index (χ2v) is 3.79. The molecule has 2 atom stereocenters. The number of alkyl halides is 2. The Bertz CT molecular complexity index is 159. The Hall–Kier alpha value is -0.220. The van der Waals surface area contributed by atoms with Gasteiger partial charge in [-0.05, 0) is 0 Å². The van der Waals surface area contributed by atoms with E-state index in [-0.39, 0.29) is 11.5 Å². The highest BCUT2D eigenvalue weighted by molar-refractivity contribution is 4.98. The molecular formula is C8H14F2O2. The van der Waals surface area contributed by atoms with Gasteiger partial charge in [-0.15, -0.1) is 0 Å². The number of rotatable bonds is 3. The van der Waals surface area contributed by atoms with E-state index in [1.54, 1.807) is 0 Å². The van der Waals surface area contributed by atoms with Crippen molar-refractivity contribution in [2.45, 2.75) is 38.9 Å². The molecule has 1 saturated carbocycles. The van der Waals surface area contributed by atoms with Gasteiger partial charge in [-0.2, -0.15) is 0 Å². The topological polar surface area (TPSA) is 29.5 Å². The molecule has 72 valence electrons. The minimum Gasteiger partial charge on any atom is -0.392 e. The van der Waals surface area contributed by atoms with E-state index < -0.39 is 19.1 Å². The van der Waals surface area contributed by atoms with Gasteiger partial charge in [0.15, 0.2) is 0 Å². The SMILES string of the molecule is CC1(C)C(O)CC1OCC(F)F. The van der Waals surface area contributed by atoms with Crippen LogP contribution in [-0.2, 0) is 4.74 Å². The lowest BCUT2D eigenvalue weighted by Crippen LogP contribution is -2.54. The minimum atomic E-state index is -2.42. The van der Waals surface area contributed by atoms with Crippen molar-refractivity contribution in [2.24, 2.45) is 5.41 Å². The molecule has 0 aromatic carbocycles. The van der Waals surface area contributed by atoms with Crippen LogP contribution in [0.15, 0.2) is 0 Å². The van der Waals surface area contributed by atoms with Gasteiger partial charge in [-0.25, -0.2) is 8.78 Å². The van der Waals surface area contributed by atoms with E-state index in [0.717, 1.165) is 0 Å². The molecule has 0 amide bonds. The highest BCUT2D eigenvalue weighted by Crippen LogP contribution is 2.42. The van der Waals surface area contributed by atoms with Gasteiger partial charge in [0, 0.05) is 11.8 Å². The highest BCUT2D eigenvalue weighted by atomic mass is 19.3. The standard InChI is InChI=1S/C8H14F2O2/c1-8(2)5(11)3-6(8)12-4-7(9)10/h5-7,11H,3-4H2,1-2H3. The molecule has 1 fully saturated rings. The fourth-order valence-corrected chi connectivity index (χ4v) is 1.34. The van der Waals surface area contributed by atoms with Gasteiger partial charge < -0.3 is 9.84 Å². The summed E-state index contributed by atoms with van der Waals surface area (Å²) in [5, 5.41) is 9.24. The van der Waals surface area contributed by atoms with Gasteiger partial charge in [-0.3, -0.25) is 0 Å². The van der Waals surface area contributed by atoms with Crippen LogP contribution in [0.2, 0.25) is 0 Å². The summed E-state index contributed by atoms with van der Waals surface area (Å²) in [5.41, 5.74) is -0.366. The molecule has 1 N–H and O–H groups in total. The van der Waals surface area contributed by atoms with E-state index in [1.165, 1.54) is 0 Å². The number of aliphatic hydroxyl groups is 1.